The highest BCUT2D eigenvalue weighted by molar-refractivity contribution is 6.06. The molecule has 4 nitrogen and oxygen atoms in total. The first kappa shape index (κ1) is 17.0. The molecule has 23 heavy (non-hydrogen) atoms. The largest absolute Gasteiger partial charge is 0.494 e. The second kappa shape index (κ2) is 8.34. The van der Waals surface area contributed by atoms with Crippen molar-refractivity contribution in [2.45, 2.75) is 6.92 Å². The molecule has 0 atom stereocenters. The lowest BCUT2D eigenvalue weighted by atomic mass is 10.1. The molecule has 0 fully saturated rings. The first-order valence-corrected chi connectivity index (χ1v) is 7.86. The summed E-state index contributed by atoms with van der Waals surface area (Å²) in [5.74, 6) is 0.826. The van der Waals surface area contributed by atoms with E-state index in [2.05, 4.69) is 4.90 Å². The lowest BCUT2D eigenvalue weighted by Crippen LogP contribution is -2.36. The van der Waals surface area contributed by atoms with E-state index < -0.39 is 0 Å². The van der Waals surface area contributed by atoms with Crippen LogP contribution in [0, 0.1) is 0 Å². The van der Waals surface area contributed by atoms with Crippen LogP contribution in [0.25, 0.3) is 0 Å². The third kappa shape index (κ3) is 4.83. The number of carbonyl (C=O) groups is 1. The van der Waals surface area contributed by atoms with E-state index in [9.17, 15) is 4.79 Å². The van der Waals surface area contributed by atoms with Crippen LogP contribution in [0.3, 0.4) is 0 Å². The topological polar surface area (TPSA) is 32.8 Å². The number of likely N-dealkylation sites (N-methyl/N-ethyl adjacent to an activating group) is 1. The van der Waals surface area contributed by atoms with Crippen LogP contribution in [-0.2, 0) is 0 Å². The lowest BCUT2D eigenvalue weighted by Gasteiger charge is -2.25. The highest BCUT2D eigenvalue weighted by Gasteiger charge is 2.17. The molecule has 0 heterocycles. The fourth-order valence-corrected chi connectivity index (χ4v) is 2.27. The number of amides is 1. The number of hydrogen-bond acceptors (Lipinski definition) is 3. The Morgan fingerprint density at radius 3 is 2.17 bits per heavy atom. The Labute approximate surface area is 138 Å². The number of carbonyl (C=O) groups excluding carboxylic acids is 1. The Morgan fingerprint density at radius 1 is 0.957 bits per heavy atom. The maximum atomic E-state index is 12.8. The number of anilines is 1. The van der Waals surface area contributed by atoms with E-state index in [1.54, 1.807) is 0 Å². The molecule has 0 aromatic heterocycles. The minimum absolute atomic E-state index is 0.0107. The van der Waals surface area contributed by atoms with E-state index in [-0.39, 0.29) is 5.91 Å². The van der Waals surface area contributed by atoms with E-state index in [1.165, 1.54) is 0 Å². The Hall–Kier alpha value is -2.33. The highest BCUT2D eigenvalue weighted by Crippen LogP contribution is 2.21. The van der Waals surface area contributed by atoms with Gasteiger partial charge in [0.05, 0.1) is 6.61 Å². The van der Waals surface area contributed by atoms with Crippen molar-refractivity contribution in [1.82, 2.24) is 4.90 Å². The molecule has 2 aromatic rings. The third-order valence-electron chi connectivity index (χ3n) is 3.50. The van der Waals surface area contributed by atoms with Gasteiger partial charge in [-0.25, -0.2) is 0 Å². The van der Waals surface area contributed by atoms with Crippen molar-refractivity contribution in [3.05, 3.63) is 60.2 Å². The Morgan fingerprint density at radius 2 is 1.61 bits per heavy atom. The van der Waals surface area contributed by atoms with Gasteiger partial charge in [-0.15, -0.1) is 0 Å². The molecule has 0 aliphatic rings. The Balaban J connectivity index is 2.24. The van der Waals surface area contributed by atoms with Crippen LogP contribution in [0.5, 0.6) is 5.75 Å². The quantitative estimate of drug-likeness (QED) is 0.786. The van der Waals surface area contributed by atoms with Gasteiger partial charge in [0.2, 0.25) is 0 Å². The summed E-state index contributed by atoms with van der Waals surface area (Å²) in [6, 6.07) is 17.0. The van der Waals surface area contributed by atoms with E-state index in [0.717, 1.165) is 18.0 Å². The zero-order valence-corrected chi connectivity index (χ0v) is 14.0. The van der Waals surface area contributed by atoms with Crippen molar-refractivity contribution in [3.63, 3.8) is 0 Å². The van der Waals surface area contributed by atoms with Gasteiger partial charge in [0.15, 0.2) is 0 Å². The first-order chi connectivity index (χ1) is 11.1. The SMILES string of the molecule is CCOc1ccc(N(CCN(C)C)C(=O)c2ccccc2)cc1. The Kier molecular flexibility index (Phi) is 6.18. The second-order valence-corrected chi connectivity index (χ2v) is 5.55. The molecule has 0 aliphatic heterocycles. The molecule has 122 valence electrons. The monoisotopic (exact) mass is 312 g/mol. The summed E-state index contributed by atoms with van der Waals surface area (Å²) in [5.41, 5.74) is 1.57. The van der Waals surface area contributed by atoms with Gasteiger partial charge < -0.3 is 14.5 Å². The Bertz CT molecular complexity index is 609. The molecule has 1 amide bonds. The summed E-state index contributed by atoms with van der Waals surface area (Å²) in [5, 5.41) is 0. The predicted octanol–water partition coefficient (Wildman–Crippen LogP) is 3.29. The van der Waals surface area contributed by atoms with Crippen molar-refractivity contribution in [2.24, 2.45) is 0 Å². The summed E-state index contributed by atoms with van der Waals surface area (Å²) in [7, 11) is 4.01. The molecule has 0 spiro atoms. The van der Waals surface area contributed by atoms with Gasteiger partial charge in [-0.3, -0.25) is 4.79 Å². The van der Waals surface area contributed by atoms with Gasteiger partial charge in [0.25, 0.3) is 5.91 Å². The maximum Gasteiger partial charge on any atom is 0.258 e. The van der Waals surface area contributed by atoms with Crippen LogP contribution < -0.4 is 9.64 Å². The van der Waals surface area contributed by atoms with Gasteiger partial charge in [-0.2, -0.15) is 0 Å². The smallest absolute Gasteiger partial charge is 0.258 e. The van der Waals surface area contributed by atoms with Crippen molar-refractivity contribution in [2.75, 3.05) is 38.7 Å². The predicted molar refractivity (Wildman–Crippen MR) is 94.3 cm³/mol. The van der Waals surface area contributed by atoms with Gasteiger partial charge in [0, 0.05) is 24.3 Å². The molecule has 2 rings (SSSR count). The molecule has 2 aromatic carbocycles. The van der Waals surface area contributed by atoms with Gasteiger partial charge in [-0.05, 0) is 57.4 Å². The molecule has 4 heteroatoms. The molecule has 0 N–H and O–H groups in total. The summed E-state index contributed by atoms with van der Waals surface area (Å²) in [4.78, 5) is 16.7. The summed E-state index contributed by atoms with van der Waals surface area (Å²) in [6.45, 7) is 4.02. The summed E-state index contributed by atoms with van der Waals surface area (Å²) >= 11 is 0. The van der Waals surface area contributed by atoms with Crippen LogP contribution in [0.2, 0.25) is 0 Å². The number of nitrogens with zero attached hydrogens (tertiary/aromatic N) is 2. The number of rotatable bonds is 7. The van der Waals surface area contributed by atoms with Crippen LogP contribution >= 0.6 is 0 Å². The fourth-order valence-electron chi connectivity index (χ4n) is 2.27. The van der Waals surface area contributed by atoms with E-state index in [1.807, 2.05) is 80.5 Å². The maximum absolute atomic E-state index is 12.8. The zero-order valence-electron chi connectivity index (χ0n) is 14.0. The average molecular weight is 312 g/mol. The van der Waals surface area contributed by atoms with E-state index in [0.29, 0.717) is 18.7 Å². The van der Waals surface area contributed by atoms with Gasteiger partial charge in [0.1, 0.15) is 5.75 Å². The number of ether oxygens (including phenoxy) is 1. The van der Waals surface area contributed by atoms with Crippen LogP contribution in [0.4, 0.5) is 5.69 Å². The molecule has 0 unspecified atom stereocenters. The molecule has 0 aliphatic carbocycles. The molecule has 0 bridgehead atoms. The number of hydrogen-bond donors (Lipinski definition) is 0. The highest BCUT2D eigenvalue weighted by atomic mass is 16.5. The molecular weight excluding hydrogens is 288 g/mol. The first-order valence-electron chi connectivity index (χ1n) is 7.86. The third-order valence-corrected chi connectivity index (χ3v) is 3.50. The van der Waals surface area contributed by atoms with Crippen LogP contribution in [-0.4, -0.2) is 44.6 Å². The standard InChI is InChI=1S/C19H24N2O2/c1-4-23-18-12-10-17(11-13-18)21(15-14-20(2)3)19(22)16-8-6-5-7-9-16/h5-13H,4,14-15H2,1-3H3. The molecular formula is C19H24N2O2. The van der Waals surface area contributed by atoms with E-state index >= 15 is 0 Å². The molecule has 0 radical (unpaired) electrons. The summed E-state index contributed by atoms with van der Waals surface area (Å²) in [6.07, 6.45) is 0. The zero-order chi connectivity index (χ0) is 16.7. The minimum Gasteiger partial charge on any atom is -0.494 e. The van der Waals surface area contributed by atoms with Crippen molar-refractivity contribution >= 4 is 11.6 Å². The van der Waals surface area contributed by atoms with Crippen LogP contribution in [0.1, 0.15) is 17.3 Å². The lowest BCUT2D eigenvalue weighted by molar-refractivity contribution is 0.0985. The second-order valence-electron chi connectivity index (χ2n) is 5.55. The van der Waals surface area contributed by atoms with Crippen molar-refractivity contribution in [3.8, 4) is 5.75 Å². The van der Waals surface area contributed by atoms with Crippen LogP contribution in [0.15, 0.2) is 54.6 Å². The molecule has 0 saturated heterocycles. The van der Waals surface area contributed by atoms with Crippen molar-refractivity contribution < 1.29 is 9.53 Å². The number of benzene rings is 2. The van der Waals surface area contributed by atoms with Gasteiger partial charge in [-0.1, -0.05) is 18.2 Å². The molecule has 0 saturated carbocycles. The fraction of sp³-hybridized carbons (Fsp3) is 0.316. The van der Waals surface area contributed by atoms with Crippen molar-refractivity contribution in [1.29, 1.82) is 0 Å². The summed E-state index contributed by atoms with van der Waals surface area (Å²) < 4.78 is 5.47. The van der Waals surface area contributed by atoms with E-state index in [4.69, 9.17) is 4.74 Å². The normalized spacial score (nSPS) is 10.6. The average Bonchev–Trinajstić information content (AvgIpc) is 2.57. The minimum atomic E-state index is 0.0107. The van der Waals surface area contributed by atoms with Gasteiger partial charge >= 0.3 is 0 Å².